The van der Waals surface area contributed by atoms with Crippen molar-refractivity contribution >= 4 is 35.0 Å². The standard InChI is InChI=1S/C19H24F2N4O6/c1-19(2,3)17(29)24-14(15(22)27)16(28)23-10-4-5-11(12(8-10)31-18(20)21)25-6-7-30-9-13(25)26/h4-5,8,14,18H,6-7,9H2,1-3H3,(H2,22,27)(H,23,28)(H,24,29)/t14-/m0/s1. The van der Waals surface area contributed by atoms with Gasteiger partial charge >= 0.3 is 6.61 Å². The second-order valence-corrected chi connectivity index (χ2v) is 7.71. The lowest BCUT2D eigenvalue weighted by molar-refractivity contribution is -0.136. The lowest BCUT2D eigenvalue weighted by atomic mass is 9.95. The normalized spacial score (nSPS) is 15.4. The molecule has 1 saturated heterocycles. The predicted octanol–water partition coefficient (Wildman–Crippen LogP) is 0.606. The summed E-state index contributed by atoms with van der Waals surface area (Å²) >= 11 is 0. The summed E-state index contributed by atoms with van der Waals surface area (Å²) in [6, 6.07) is 2.03. The molecule has 10 nitrogen and oxygen atoms in total. The number of carbonyl (C=O) groups is 4. The Hall–Kier alpha value is -3.28. The van der Waals surface area contributed by atoms with E-state index >= 15 is 0 Å². The lowest BCUT2D eigenvalue weighted by Gasteiger charge is -2.28. The van der Waals surface area contributed by atoms with Crippen LogP contribution in [-0.2, 0) is 23.9 Å². The highest BCUT2D eigenvalue weighted by Crippen LogP contribution is 2.33. The summed E-state index contributed by atoms with van der Waals surface area (Å²) in [6.45, 7) is 1.69. The third kappa shape index (κ3) is 6.35. The van der Waals surface area contributed by atoms with E-state index in [2.05, 4.69) is 15.4 Å². The van der Waals surface area contributed by atoms with Gasteiger partial charge in [0.05, 0.1) is 12.3 Å². The van der Waals surface area contributed by atoms with Gasteiger partial charge in [-0.15, -0.1) is 0 Å². The summed E-state index contributed by atoms with van der Waals surface area (Å²) in [5.41, 5.74) is 4.39. The van der Waals surface area contributed by atoms with Gasteiger partial charge in [-0.3, -0.25) is 19.2 Å². The molecule has 170 valence electrons. The molecule has 1 atom stereocenters. The van der Waals surface area contributed by atoms with E-state index in [0.29, 0.717) is 0 Å². The molecule has 0 aromatic heterocycles. The molecule has 0 saturated carbocycles. The number of amides is 4. The van der Waals surface area contributed by atoms with E-state index in [0.717, 1.165) is 6.07 Å². The number of ether oxygens (including phenoxy) is 2. The van der Waals surface area contributed by atoms with Crippen molar-refractivity contribution in [1.29, 1.82) is 0 Å². The van der Waals surface area contributed by atoms with Crippen LogP contribution in [0.15, 0.2) is 18.2 Å². The Labute approximate surface area is 177 Å². The van der Waals surface area contributed by atoms with Crippen LogP contribution in [0.1, 0.15) is 20.8 Å². The van der Waals surface area contributed by atoms with Gasteiger partial charge in [-0.1, -0.05) is 20.8 Å². The molecule has 1 fully saturated rings. The van der Waals surface area contributed by atoms with Gasteiger partial charge in [0.15, 0.2) is 11.8 Å². The van der Waals surface area contributed by atoms with Crippen molar-refractivity contribution < 1.29 is 37.4 Å². The Bertz CT molecular complexity index is 871. The molecule has 1 aromatic rings. The van der Waals surface area contributed by atoms with Crippen molar-refractivity contribution in [2.45, 2.75) is 33.4 Å². The van der Waals surface area contributed by atoms with Crippen LogP contribution < -0.4 is 26.0 Å². The van der Waals surface area contributed by atoms with Gasteiger partial charge in [-0.25, -0.2) is 0 Å². The summed E-state index contributed by atoms with van der Waals surface area (Å²) < 4.78 is 35.3. The fraction of sp³-hybridized carbons (Fsp3) is 0.474. The van der Waals surface area contributed by atoms with Gasteiger partial charge in [0.25, 0.3) is 11.8 Å². The number of nitrogens with two attached hydrogens (primary N) is 1. The molecule has 1 aromatic carbocycles. The number of anilines is 2. The number of halogens is 2. The maximum absolute atomic E-state index is 12.9. The molecule has 1 heterocycles. The molecule has 4 N–H and O–H groups in total. The minimum atomic E-state index is -3.19. The first-order valence-electron chi connectivity index (χ1n) is 9.28. The van der Waals surface area contributed by atoms with Crippen molar-refractivity contribution in [2.75, 3.05) is 30.0 Å². The molecule has 31 heavy (non-hydrogen) atoms. The summed E-state index contributed by atoms with van der Waals surface area (Å²) in [5.74, 6) is -3.47. The van der Waals surface area contributed by atoms with Gasteiger partial charge in [-0.05, 0) is 12.1 Å². The highest BCUT2D eigenvalue weighted by molar-refractivity contribution is 6.12. The third-order valence-corrected chi connectivity index (χ3v) is 4.22. The van der Waals surface area contributed by atoms with Crippen LogP contribution in [0, 0.1) is 5.41 Å². The fourth-order valence-corrected chi connectivity index (χ4v) is 2.61. The van der Waals surface area contributed by atoms with Crippen molar-refractivity contribution in [2.24, 2.45) is 11.1 Å². The summed E-state index contributed by atoms with van der Waals surface area (Å²) in [6.07, 6.45) is 0. The molecule has 0 unspecified atom stereocenters. The van der Waals surface area contributed by atoms with Gasteiger partial charge in [0.1, 0.15) is 6.61 Å². The van der Waals surface area contributed by atoms with Crippen LogP contribution >= 0.6 is 0 Å². The van der Waals surface area contributed by atoms with Crippen LogP contribution in [0.5, 0.6) is 5.75 Å². The summed E-state index contributed by atoms with van der Waals surface area (Å²) in [4.78, 5) is 49.5. The second kappa shape index (κ2) is 9.69. The number of benzene rings is 1. The minimum absolute atomic E-state index is 0.0126. The quantitative estimate of drug-likeness (QED) is 0.529. The Morgan fingerprint density at radius 1 is 1.26 bits per heavy atom. The average molecular weight is 442 g/mol. The fourth-order valence-electron chi connectivity index (χ4n) is 2.61. The van der Waals surface area contributed by atoms with Crippen LogP contribution in [0.4, 0.5) is 20.2 Å². The highest BCUT2D eigenvalue weighted by atomic mass is 19.3. The molecule has 0 aliphatic carbocycles. The van der Waals surface area contributed by atoms with Crippen molar-refractivity contribution in [1.82, 2.24) is 5.32 Å². The number of nitrogens with one attached hydrogen (secondary N) is 2. The van der Waals surface area contributed by atoms with E-state index in [1.807, 2.05) is 0 Å². The molecular weight excluding hydrogens is 418 g/mol. The lowest BCUT2D eigenvalue weighted by Crippen LogP contribution is -2.54. The van der Waals surface area contributed by atoms with Gasteiger partial charge in [0, 0.05) is 23.7 Å². The molecule has 0 radical (unpaired) electrons. The summed E-state index contributed by atoms with van der Waals surface area (Å²) in [5, 5.41) is 4.58. The largest absolute Gasteiger partial charge is 0.433 e. The van der Waals surface area contributed by atoms with Crippen molar-refractivity contribution in [3.63, 3.8) is 0 Å². The van der Waals surface area contributed by atoms with E-state index in [1.165, 1.54) is 17.0 Å². The molecule has 1 aliphatic heterocycles. The molecular formula is C19H24F2N4O6. The third-order valence-electron chi connectivity index (χ3n) is 4.22. The molecule has 2 rings (SSSR count). The number of primary amides is 1. The first-order valence-corrected chi connectivity index (χ1v) is 9.28. The van der Waals surface area contributed by atoms with Crippen molar-refractivity contribution in [3.8, 4) is 5.75 Å². The number of rotatable bonds is 7. The average Bonchev–Trinajstić information content (AvgIpc) is 2.65. The number of alkyl halides is 2. The number of morpholine rings is 1. The highest BCUT2D eigenvalue weighted by Gasteiger charge is 2.31. The predicted molar refractivity (Wildman–Crippen MR) is 105 cm³/mol. The first kappa shape index (κ1) is 24.0. The minimum Gasteiger partial charge on any atom is -0.433 e. The van der Waals surface area contributed by atoms with Gasteiger partial charge < -0.3 is 30.7 Å². The molecule has 12 heteroatoms. The Morgan fingerprint density at radius 3 is 2.48 bits per heavy atom. The molecule has 0 bridgehead atoms. The maximum Gasteiger partial charge on any atom is 0.387 e. The Morgan fingerprint density at radius 2 is 1.94 bits per heavy atom. The van der Waals surface area contributed by atoms with E-state index in [1.54, 1.807) is 20.8 Å². The van der Waals surface area contributed by atoms with E-state index in [4.69, 9.17) is 10.5 Å². The van der Waals surface area contributed by atoms with E-state index in [-0.39, 0.29) is 36.9 Å². The number of hydrogen-bond acceptors (Lipinski definition) is 6. The second-order valence-electron chi connectivity index (χ2n) is 7.71. The van der Waals surface area contributed by atoms with E-state index in [9.17, 15) is 28.0 Å². The summed E-state index contributed by atoms with van der Waals surface area (Å²) in [7, 11) is 0. The number of carbonyl (C=O) groups excluding carboxylic acids is 4. The number of hydrogen-bond donors (Lipinski definition) is 3. The van der Waals surface area contributed by atoms with Gasteiger partial charge in [-0.2, -0.15) is 8.78 Å². The van der Waals surface area contributed by atoms with Crippen LogP contribution in [0.2, 0.25) is 0 Å². The van der Waals surface area contributed by atoms with Crippen LogP contribution in [-0.4, -0.2) is 56.0 Å². The zero-order chi connectivity index (χ0) is 23.3. The van der Waals surface area contributed by atoms with Crippen LogP contribution in [0.25, 0.3) is 0 Å². The Balaban J connectivity index is 2.26. The molecule has 0 spiro atoms. The maximum atomic E-state index is 12.9. The monoisotopic (exact) mass is 442 g/mol. The van der Waals surface area contributed by atoms with Crippen molar-refractivity contribution in [3.05, 3.63) is 18.2 Å². The van der Waals surface area contributed by atoms with Gasteiger partial charge in [0.2, 0.25) is 11.8 Å². The molecule has 1 aliphatic rings. The zero-order valence-corrected chi connectivity index (χ0v) is 17.2. The van der Waals surface area contributed by atoms with E-state index < -0.39 is 41.7 Å². The first-order chi connectivity index (χ1) is 14.4. The smallest absolute Gasteiger partial charge is 0.387 e. The molecule has 4 amide bonds. The SMILES string of the molecule is CC(C)(C)C(=O)N[C@@H](C(N)=O)C(=O)Nc1ccc(N2CCOCC2=O)c(OC(F)F)c1. The van der Waals surface area contributed by atoms with Crippen LogP contribution in [0.3, 0.4) is 0 Å². The number of nitrogens with zero attached hydrogens (tertiary/aromatic N) is 1. The Kier molecular flexibility index (Phi) is 7.50. The zero-order valence-electron chi connectivity index (χ0n) is 17.2. The topological polar surface area (TPSA) is 140 Å².